The molecule has 1 fully saturated rings. The first-order valence-electron chi connectivity index (χ1n) is 6.68. The van der Waals surface area contributed by atoms with Crippen molar-refractivity contribution in [1.29, 1.82) is 0 Å². The second kappa shape index (κ2) is 6.23. The van der Waals surface area contributed by atoms with Crippen LogP contribution < -0.4 is 10.6 Å². The topological polar surface area (TPSA) is 41.1 Å². The molecule has 21 heavy (non-hydrogen) atoms. The molecule has 0 radical (unpaired) electrons. The van der Waals surface area contributed by atoms with Gasteiger partial charge in [-0.05, 0) is 43.5 Å². The molecule has 2 rings (SSSR count). The summed E-state index contributed by atoms with van der Waals surface area (Å²) in [6.07, 6.45) is -2.84. The quantitative estimate of drug-likeness (QED) is 0.872. The molecule has 2 atom stereocenters. The number of anilines is 1. The Hall–Kier alpha value is -1.27. The number of nitrogens with one attached hydrogen (secondary N) is 2. The van der Waals surface area contributed by atoms with Gasteiger partial charge in [0, 0.05) is 0 Å². The van der Waals surface area contributed by atoms with Crippen LogP contribution in [0.5, 0.6) is 0 Å². The van der Waals surface area contributed by atoms with Gasteiger partial charge in [-0.25, -0.2) is 0 Å². The van der Waals surface area contributed by atoms with Gasteiger partial charge in [-0.2, -0.15) is 13.2 Å². The summed E-state index contributed by atoms with van der Waals surface area (Å²) < 4.78 is 38.0. The van der Waals surface area contributed by atoms with Crippen LogP contribution in [0.1, 0.15) is 25.3 Å². The molecule has 2 unspecified atom stereocenters. The normalized spacial score (nSPS) is 22.9. The largest absolute Gasteiger partial charge is 0.416 e. The summed E-state index contributed by atoms with van der Waals surface area (Å²) in [5.41, 5.74) is -0.858. The number of halogens is 4. The van der Waals surface area contributed by atoms with Crippen LogP contribution in [0.3, 0.4) is 0 Å². The number of rotatable bonds is 2. The Balaban J connectivity index is 2.13. The van der Waals surface area contributed by atoms with Crippen LogP contribution in [0.15, 0.2) is 18.2 Å². The minimum Gasteiger partial charge on any atom is -0.323 e. The Morgan fingerprint density at radius 2 is 2.14 bits per heavy atom. The molecule has 1 aliphatic heterocycles. The summed E-state index contributed by atoms with van der Waals surface area (Å²) in [6, 6.07) is 2.47. The fraction of sp³-hybridized carbons (Fsp3) is 0.500. The minimum atomic E-state index is -4.47. The van der Waals surface area contributed by atoms with Gasteiger partial charge in [-0.3, -0.25) is 4.79 Å². The third kappa shape index (κ3) is 4.11. The standard InChI is InChI=1S/C14H16ClF3N2O/c1-8-4-5-19-12(6-8)13(21)20-11-7-9(14(16,17)18)2-3-10(11)15/h2-3,7-8,12,19H,4-6H2,1H3,(H,20,21). The highest BCUT2D eigenvalue weighted by atomic mass is 35.5. The van der Waals surface area contributed by atoms with E-state index in [0.29, 0.717) is 12.3 Å². The lowest BCUT2D eigenvalue weighted by atomic mass is 9.94. The van der Waals surface area contributed by atoms with E-state index < -0.39 is 17.8 Å². The van der Waals surface area contributed by atoms with Gasteiger partial charge < -0.3 is 10.6 Å². The first-order valence-corrected chi connectivity index (χ1v) is 7.06. The first-order chi connectivity index (χ1) is 9.77. The number of hydrogen-bond donors (Lipinski definition) is 2. The van der Waals surface area contributed by atoms with Crippen LogP contribution in [0.2, 0.25) is 5.02 Å². The first kappa shape index (κ1) is 16.1. The maximum absolute atomic E-state index is 12.7. The second-order valence-corrected chi connectivity index (χ2v) is 5.73. The molecule has 7 heteroatoms. The van der Waals surface area contributed by atoms with Crippen molar-refractivity contribution >= 4 is 23.2 Å². The Morgan fingerprint density at radius 1 is 1.43 bits per heavy atom. The van der Waals surface area contributed by atoms with Gasteiger partial charge in [0.2, 0.25) is 5.91 Å². The Kier molecular flexibility index (Phi) is 4.78. The summed E-state index contributed by atoms with van der Waals surface area (Å²) in [6.45, 7) is 2.76. The van der Waals surface area contributed by atoms with E-state index in [4.69, 9.17) is 11.6 Å². The van der Waals surface area contributed by atoms with Gasteiger partial charge in [-0.15, -0.1) is 0 Å². The van der Waals surface area contributed by atoms with E-state index >= 15 is 0 Å². The third-order valence-corrected chi connectivity index (χ3v) is 3.86. The van der Waals surface area contributed by atoms with Crippen molar-refractivity contribution in [1.82, 2.24) is 5.32 Å². The molecule has 1 aromatic carbocycles. The molecule has 2 N–H and O–H groups in total. The molecule has 1 heterocycles. The number of amides is 1. The number of benzene rings is 1. The van der Waals surface area contributed by atoms with Crippen LogP contribution in [0.4, 0.5) is 18.9 Å². The zero-order chi connectivity index (χ0) is 15.6. The third-order valence-electron chi connectivity index (χ3n) is 3.53. The predicted molar refractivity (Wildman–Crippen MR) is 75.3 cm³/mol. The van der Waals surface area contributed by atoms with Crippen molar-refractivity contribution in [3.63, 3.8) is 0 Å². The molecular weight excluding hydrogens is 305 g/mol. The fourth-order valence-corrected chi connectivity index (χ4v) is 2.49. The number of hydrogen-bond acceptors (Lipinski definition) is 2. The molecule has 0 saturated carbocycles. The molecular formula is C14H16ClF3N2O. The van der Waals surface area contributed by atoms with E-state index in [2.05, 4.69) is 10.6 Å². The summed E-state index contributed by atoms with van der Waals surface area (Å²) in [5.74, 6) is 0.0433. The van der Waals surface area contributed by atoms with Crippen LogP contribution in [-0.4, -0.2) is 18.5 Å². The Labute approximate surface area is 125 Å². The Bertz CT molecular complexity index is 533. The summed E-state index contributed by atoms with van der Waals surface area (Å²) >= 11 is 5.86. The predicted octanol–water partition coefficient (Wildman–Crippen LogP) is 3.69. The van der Waals surface area contributed by atoms with Crippen molar-refractivity contribution < 1.29 is 18.0 Å². The van der Waals surface area contributed by atoms with Crippen molar-refractivity contribution in [2.24, 2.45) is 5.92 Å². The van der Waals surface area contributed by atoms with Gasteiger partial charge in [-0.1, -0.05) is 18.5 Å². The number of carbonyl (C=O) groups excluding carboxylic acids is 1. The van der Waals surface area contributed by atoms with Gasteiger partial charge >= 0.3 is 6.18 Å². The number of alkyl halides is 3. The van der Waals surface area contributed by atoms with E-state index in [1.165, 1.54) is 0 Å². The highest BCUT2D eigenvalue weighted by Gasteiger charge is 2.31. The lowest BCUT2D eigenvalue weighted by Gasteiger charge is -2.27. The summed E-state index contributed by atoms with van der Waals surface area (Å²) in [5, 5.41) is 5.62. The lowest BCUT2D eigenvalue weighted by Crippen LogP contribution is -2.45. The molecule has 0 aromatic heterocycles. The van der Waals surface area contributed by atoms with E-state index in [1.54, 1.807) is 0 Å². The van der Waals surface area contributed by atoms with Crippen molar-refractivity contribution in [2.45, 2.75) is 32.0 Å². The molecule has 1 amide bonds. The molecule has 1 aliphatic rings. The van der Waals surface area contributed by atoms with Crippen LogP contribution >= 0.6 is 11.6 Å². The van der Waals surface area contributed by atoms with Gasteiger partial charge in [0.25, 0.3) is 0 Å². The van der Waals surface area contributed by atoms with Crippen molar-refractivity contribution in [3.05, 3.63) is 28.8 Å². The molecule has 3 nitrogen and oxygen atoms in total. The average Bonchev–Trinajstić information content (AvgIpc) is 2.40. The zero-order valence-electron chi connectivity index (χ0n) is 11.4. The smallest absolute Gasteiger partial charge is 0.323 e. The summed E-state index contributed by atoms with van der Waals surface area (Å²) in [4.78, 5) is 12.1. The zero-order valence-corrected chi connectivity index (χ0v) is 12.2. The SMILES string of the molecule is CC1CCNC(C(=O)Nc2cc(C(F)(F)F)ccc2Cl)C1. The van der Waals surface area contributed by atoms with Crippen LogP contribution in [-0.2, 0) is 11.0 Å². The van der Waals surface area contributed by atoms with E-state index in [0.717, 1.165) is 31.2 Å². The molecule has 116 valence electrons. The maximum atomic E-state index is 12.7. The highest BCUT2D eigenvalue weighted by Crippen LogP contribution is 2.34. The maximum Gasteiger partial charge on any atom is 0.416 e. The summed E-state index contributed by atoms with van der Waals surface area (Å²) in [7, 11) is 0. The molecule has 0 spiro atoms. The van der Waals surface area contributed by atoms with Crippen molar-refractivity contribution in [2.75, 3.05) is 11.9 Å². The van der Waals surface area contributed by atoms with Gasteiger partial charge in [0.15, 0.2) is 0 Å². The van der Waals surface area contributed by atoms with Gasteiger partial charge in [0.1, 0.15) is 0 Å². The van der Waals surface area contributed by atoms with Crippen molar-refractivity contribution in [3.8, 4) is 0 Å². The molecule has 0 aliphatic carbocycles. The van der Waals surface area contributed by atoms with Crippen LogP contribution in [0.25, 0.3) is 0 Å². The number of carbonyl (C=O) groups is 1. The molecule has 0 bridgehead atoms. The average molecular weight is 321 g/mol. The van der Waals surface area contributed by atoms with Gasteiger partial charge in [0.05, 0.1) is 22.3 Å². The monoisotopic (exact) mass is 320 g/mol. The number of piperidine rings is 1. The Morgan fingerprint density at radius 3 is 2.76 bits per heavy atom. The van der Waals surface area contributed by atoms with E-state index in [-0.39, 0.29) is 16.6 Å². The van der Waals surface area contributed by atoms with Crippen LogP contribution in [0, 0.1) is 5.92 Å². The fourth-order valence-electron chi connectivity index (χ4n) is 2.32. The van der Waals surface area contributed by atoms with E-state index in [1.807, 2.05) is 6.92 Å². The second-order valence-electron chi connectivity index (χ2n) is 5.32. The lowest BCUT2D eigenvalue weighted by molar-refractivity contribution is -0.137. The molecule has 1 saturated heterocycles. The minimum absolute atomic E-state index is 0.0171. The van der Waals surface area contributed by atoms with E-state index in [9.17, 15) is 18.0 Å². The highest BCUT2D eigenvalue weighted by molar-refractivity contribution is 6.33. The molecule has 1 aromatic rings.